The van der Waals surface area contributed by atoms with Crippen molar-refractivity contribution >= 4 is 11.0 Å². The van der Waals surface area contributed by atoms with Gasteiger partial charge >= 0.3 is 0 Å². The van der Waals surface area contributed by atoms with Crippen molar-refractivity contribution in [2.24, 2.45) is 5.73 Å². The number of aliphatic hydroxyl groups excluding tert-OH is 1. The summed E-state index contributed by atoms with van der Waals surface area (Å²) in [4.78, 5) is 4.46. The van der Waals surface area contributed by atoms with Gasteiger partial charge in [-0.25, -0.2) is 4.98 Å². The van der Waals surface area contributed by atoms with Gasteiger partial charge < -0.3 is 15.4 Å². The van der Waals surface area contributed by atoms with E-state index in [9.17, 15) is 5.11 Å². The summed E-state index contributed by atoms with van der Waals surface area (Å²) in [5.41, 5.74) is 7.45. The molecule has 1 atom stereocenters. The van der Waals surface area contributed by atoms with Crippen LogP contribution < -0.4 is 5.73 Å². The summed E-state index contributed by atoms with van der Waals surface area (Å²) in [6.07, 6.45) is -0.0269. The molecule has 0 spiro atoms. The van der Waals surface area contributed by atoms with Gasteiger partial charge in [0.1, 0.15) is 11.9 Å². The highest BCUT2D eigenvalue weighted by atomic mass is 16.3. The topological polar surface area (TPSA) is 64.1 Å². The standard InChI is InChI=1S/C12H17N3O/c1-2-15-10-6-4-3-5-9(10)14-12(15)11(16)7-8-13/h3-6,11,16H,2,7-8,13H2,1H3. The van der Waals surface area contributed by atoms with Gasteiger partial charge in [0.15, 0.2) is 0 Å². The minimum absolute atomic E-state index is 0.466. The van der Waals surface area contributed by atoms with Crippen molar-refractivity contribution in [1.29, 1.82) is 0 Å². The molecule has 86 valence electrons. The molecule has 0 saturated heterocycles. The Balaban J connectivity index is 2.51. The zero-order chi connectivity index (χ0) is 11.5. The molecule has 1 aromatic heterocycles. The number of aryl methyl sites for hydroxylation is 1. The number of rotatable bonds is 4. The van der Waals surface area contributed by atoms with Gasteiger partial charge in [-0.2, -0.15) is 0 Å². The van der Waals surface area contributed by atoms with Crippen LogP contribution in [0.5, 0.6) is 0 Å². The second-order valence-corrected chi connectivity index (χ2v) is 3.80. The lowest BCUT2D eigenvalue weighted by Gasteiger charge is -2.11. The zero-order valence-electron chi connectivity index (χ0n) is 9.43. The number of hydrogen-bond donors (Lipinski definition) is 2. The number of hydrogen-bond acceptors (Lipinski definition) is 3. The summed E-state index contributed by atoms with van der Waals surface area (Å²) < 4.78 is 2.04. The Labute approximate surface area is 94.7 Å². The Bertz CT molecular complexity index is 478. The molecule has 1 heterocycles. The predicted octanol–water partition coefficient (Wildman–Crippen LogP) is 1.44. The van der Waals surface area contributed by atoms with Gasteiger partial charge in [-0.05, 0) is 32.0 Å². The number of fused-ring (bicyclic) bond motifs is 1. The molecule has 0 fully saturated rings. The van der Waals surface area contributed by atoms with Gasteiger partial charge in [0.25, 0.3) is 0 Å². The van der Waals surface area contributed by atoms with Crippen molar-refractivity contribution in [3.8, 4) is 0 Å². The number of imidazole rings is 1. The summed E-state index contributed by atoms with van der Waals surface area (Å²) in [6.45, 7) is 3.32. The third-order valence-corrected chi connectivity index (χ3v) is 2.74. The lowest BCUT2D eigenvalue weighted by molar-refractivity contribution is 0.156. The molecule has 0 aliphatic heterocycles. The third-order valence-electron chi connectivity index (χ3n) is 2.74. The van der Waals surface area contributed by atoms with Crippen molar-refractivity contribution in [1.82, 2.24) is 9.55 Å². The number of aromatic nitrogens is 2. The molecular weight excluding hydrogens is 202 g/mol. The first-order valence-electron chi connectivity index (χ1n) is 5.61. The average molecular weight is 219 g/mol. The zero-order valence-corrected chi connectivity index (χ0v) is 9.43. The summed E-state index contributed by atoms with van der Waals surface area (Å²) in [7, 11) is 0. The van der Waals surface area contributed by atoms with E-state index in [1.165, 1.54) is 0 Å². The van der Waals surface area contributed by atoms with Crippen LogP contribution in [0.2, 0.25) is 0 Å². The van der Waals surface area contributed by atoms with E-state index in [1.807, 2.05) is 35.8 Å². The summed E-state index contributed by atoms with van der Waals surface area (Å²) in [5, 5.41) is 9.97. The molecular formula is C12H17N3O. The molecule has 1 aromatic carbocycles. The predicted molar refractivity (Wildman–Crippen MR) is 64.0 cm³/mol. The van der Waals surface area contributed by atoms with E-state index < -0.39 is 6.10 Å². The first kappa shape index (κ1) is 11.1. The second-order valence-electron chi connectivity index (χ2n) is 3.80. The van der Waals surface area contributed by atoms with Crippen LogP contribution in [-0.4, -0.2) is 21.2 Å². The Morgan fingerprint density at radius 3 is 2.88 bits per heavy atom. The van der Waals surface area contributed by atoms with E-state index in [0.717, 1.165) is 17.6 Å². The molecule has 0 aliphatic carbocycles. The van der Waals surface area contributed by atoms with Crippen LogP contribution in [-0.2, 0) is 6.54 Å². The first-order chi connectivity index (χ1) is 7.77. The van der Waals surface area contributed by atoms with Crippen LogP contribution in [0.25, 0.3) is 11.0 Å². The minimum Gasteiger partial charge on any atom is -0.385 e. The highest BCUT2D eigenvalue weighted by molar-refractivity contribution is 5.75. The normalized spacial score (nSPS) is 13.2. The van der Waals surface area contributed by atoms with Gasteiger partial charge in [-0.15, -0.1) is 0 Å². The maximum atomic E-state index is 9.97. The van der Waals surface area contributed by atoms with Crippen molar-refractivity contribution in [2.45, 2.75) is 26.0 Å². The molecule has 1 unspecified atom stereocenters. The molecule has 0 bridgehead atoms. The Morgan fingerprint density at radius 1 is 1.44 bits per heavy atom. The van der Waals surface area contributed by atoms with Gasteiger partial charge in [0.05, 0.1) is 11.0 Å². The van der Waals surface area contributed by atoms with Crippen LogP contribution in [0.15, 0.2) is 24.3 Å². The largest absolute Gasteiger partial charge is 0.385 e. The Morgan fingerprint density at radius 2 is 2.19 bits per heavy atom. The van der Waals surface area contributed by atoms with Crippen LogP contribution >= 0.6 is 0 Å². The smallest absolute Gasteiger partial charge is 0.138 e. The summed E-state index contributed by atoms with van der Waals surface area (Å²) in [6, 6.07) is 7.91. The maximum Gasteiger partial charge on any atom is 0.138 e. The minimum atomic E-state index is -0.572. The molecule has 0 aliphatic rings. The van der Waals surface area contributed by atoms with E-state index in [0.29, 0.717) is 18.8 Å². The van der Waals surface area contributed by atoms with Gasteiger partial charge in [0, 0.05) is 6.54 Å². The van der Waals surface area contributed by atoms with E-state index in [2.05, 4.69) is 4.98 Å². The van der Waals surface area contributed by atoms with Gasteiger partial charge in [0.2, 0.25) is 0 Å². The number of para-hydroxylation sites is 2. The maximum absolute atomic E-state index is 9.97. The SMILES string of the molecule is CCn1c(C(O)CCN)nc2ccccc21. The van der Waals surface area contributed by atoms with Crippen LogP contribution in [0.3, 0.4) is 0 Å². The quantitative estimate of drug-likeness (QED) is 0.817. The van der Waals surface area contributed by atoms with Crippen LogP contribution in [0, 0.1) is 0 Å². The molecule has 0 saturated carbocycles. The molecule has 0 radical (unpaired) electrons. The van der Waals surface area contributed by atoms with Crippen LogP contribution in [0.1, 0.15) is 25.3 Å². The van der Waals surface area contributed by atoms with E-state index in [-0.39, 0.29) is 0 Å². The summed E-state index contributed by atoms with van der Waals surface area (Å²) >= 11 is 0. The van der Waals surface area contributed by atoms with Crippen molar-refractivity contribution in [3.63, 3.8) is 0 Å². The lowest BCUT2D eigenvalue weighted by atomic mass is 10.2. The van der Waals surface area contributed by atoms with Crippen molar-refractivity contribution in [3.05, 3.63) is 30.1 Å². The monoisotopic (exact) mass is 219 g/mol. The fraction of sp³-hybridized carbons (Fsp3) is 0.417. The fourth-order valence-electron chi connectivity index (χ4n) is 1.97. The van der Waals surface area contributed by atoms with E-state index in [4.69, 9.17) is 5.73 Å². The number of nitrogens with two attached hydrogens (primary N) is 1. The highest BCUT2D eigenvalue weighted by Crippen LogP contribution is 2.22. The number of benzene rings is 1. The lowest BCUT2D eigenvalue weighted by Crippen LogP contribution is -2.12. The van der Waals surface area contributed by atoms with E-state index in [1.54, 1.807) is 0 Å². The van der Waals surface area contributed by atoms with Crippen molar-refractivity contribution < 1.29 is 5.11 Å². The number of nitrogens with zero attached hydrogens (tertiary/aromatic N) is 2. The van der Waals surface area contributed by atoms with Crippen LogP contribution in [0.4, 0.5) is 0 Å². The average Bonchev–Trinajstić information content (AvgIpc) is 2.67. The summed E-state index contributed by atoms with van der Waals surface area (Å²) in [5.74, 6) is 0.717. The fourth-order valence-corrected chi connectivity index (χ4v) is 1.97. The molecule has 2 aromatic rings. The van der Waals surface area contributed by atoms with E-state index >= 15 is 0 Å². The van der Waals surface area contributed by atoms with Gasteiger partial charge in [-0.3, -0.25) is 0 Å². The third kappa shape index (κ3) is 1.81. The Hall–Kier alpha value is -1.39. The molecule has 2 rings (SSSR count). The second kappa shape index (κ2) is 4.63. The molecule has 0 amide bonds. The number of aliphatic hydroxyl groups is 1. The molecule has 4 nitrogen and oxygen atoms in total. The highest BCUT2D eigenvalue weighted by Gasteiger charge is 2.15. The van der Waals surface area contributed by atoms with Crippen molar-refractivity contribution in [2.75, 3.05) is 6.54 Å². The first-order valence-corrected chi connectivity index (χ1v) is 5.61. The van der Waals surface area contributed by atoms with Gasteiger partial charge in [-0.1, -0.05) is 12.1 Å². The molecule has 3 N–H and O–H groups in total. The molecule has 16 heavy (non-hydrogen) atoms. The Kier molecular flexibility index (Phi) is 3.22. The molecule has 4 heteroatoms.